The van der Waals surface area contributed by atoms with Crippen LogP contribution in [0.1, 0.15) is 162 Å². The second-order valence-electron chi connectivity index (χ2n) is 37.9. The van der Waals surface area contributed by atoms with Gasteiger partial charge in [-0.15, -0.1) is 0 Å². The lowest BCUT2D eigenvalue weighted by Gasteiger charge is -2.45. The monoisotopic (exact) mass is 2050 g/mol. The van der Waals surface area contributed by atoms with Crippen molar-refractivity contribution in [1.29, 1.82) is 0 Å². The zero-order valence-corrected chi connectivity index (χ0v) is 83.6. The number of aromatic nitrogens is 16. The van der Waals surface area contributed by atoms with E-state index < -0.39 is 15.7 Å². The summed E-state index contributed by atoms with van der Waals surface area (Å²) >= 11 is 24.9. The molecular formula is C96H116Cl4F4N30O7S+2. The minimum Gasteiger partial charge on any atom is -0.381 e. The zero-order chi connectivity index (χ0) is 100. The van der Waals surface area contributed by atoms with Crippen LogP contribution in [0.25, 0.3) is 0 Å². The Labute approximate surface area is 838 Å². The maximum atomic E-state index is 15.2. The van der Waals surface area contributed by atoms with Crippen molar-refractivity contribution in [2.24, 2.45) is 5.92 Å². The van der Waals surface area contributed by atoms with Crippen LogP contribution >= 0.6 is 46.4 Å². The second-order valence-corrected chi connectivity index (χ2v) is 41.7. The number of ether oxygens (including phenoxy) is 1. The van der Waals surface area contributed by atoms with Crippen LogP contribution in [0.3, 0.4) is 0 Å². The van der Waals surface area contributed by atoms with Crippen molar-refractivity contribution >= 4 is 161 Å². The summed E-state index contributed by atoms with van der Waals surface area (Å²) in [5.41, 5.74) is 12.4. The summed E-state index contributed by atoms with van der Waals surface area (Å²) < 4.78 is 89.0. The lowest BCUT2D eigenvalue weighted by atomic mass is 9.85. The quantitative estimate of drug-likeness (QED) is 0.0197. The Morgan fingerprint density at radius 1 is 0.401 bits per heavy atom. The first-order valence-electron chi connectivity index (χ1n) is 47.6. The summed E-state index contributed by atoms with van der Waals surface area (Å²) in [6, 6.07) is 20.6. The van der Waals surface area contributed by atoms with E-state index >= 15 is 17.6 Å². The number of H-pyrrole nitrogens is 4. The molecule has 12 aromatic rings. The van der Waals surface area contributed by atoms with Gasteiger partial charge in [0.15, 0.2) is 56.4 Å². The van der Waals surface area contributed by atoms with E-state index in [0.717, 1.165) is 145 Å². The first-order valence-corrected chi connectivity index (χ1v) is 50.9. The van der Waals surface area contributed by atoms with Crippen molar-refractivity contribution in [3.05, 3.63) is 208 Å². The minimum absolute atomic E-state index is 0.0229. The van der Waals surface area contributed by atoms with Gasteiger partial charge in [0, 0.05) is 125 Å². The van der Waals surface area contributed by atoms with Crippen LogP contribution in [0.4, 0.5) is 111 Å². The molecule has 0 radical (unpaired) electrons. The van der Waals surface area contributed by atoms with Gasteiger partial charge in [0.25, 0.3) is 0 Å². The number of likely N-dealkylation sites (tertiary alicyclic amines) is 4. The van der Waals surface area contributed by atoms with Crippen molar-refractivity contribution in [2.75, 3.05) is 139 Å². The third-order valence-corrected chi connectivity index (χ3v) is 30.6. The normalized spacial score (nSPS) is 20.5. The molecule has 16 N–H and O–H groups in total. The van der Waals surface area contributed by atoms with Gasteiger partial charge < -0.3 is 67.7 Å². The number of nitrogens with one attached hydrogen (secondary N) is 14. The molecule has 142 heavy (non-hydrogen) atoms. The van der Waals surface area contributed by atoms with Crippen molar-refractivity contribution < 1.29 is 60.0 Å². The molecule has 0 aliphatic carbocycles. The van der Waals surface area contributed by atoms with Crippen LogP contribution in [0, 0.1) is 84.6 Å². The predicted octanol–water partition coefficient (Wildman–Crippen LogP) is 17.5. The maximum absolute atomic E-state index is 15.2. The van der Waals surface area contributed by atoms with Crippen molar-refractivity contribution in [3.8, 4) is 0 Å². The summed E-state index contributed by atoms with van der Waals surface area (Å²) in [6.45, 7) is 24.4. The summed E-state index contributed by atoms with van der Waals surface area (Å²) in [5, 5.41) is 81.4. The minimum atomic E-state index is -3.01. The number of carbonyl (C=O) groups excluding carboxylic acids is 2. The predicted molar refractivity (Wildman–Crippen MR) is 536 cm³/mol. The van der Waals surface area contributed by atoms with E-state index in [0.29, 0.717) is 162 Å². The standard InChI is InChI=1S/C25H32ClFN7O2.2C24H28ClFN8O.C23H28ClFN7O3S/c1-15-11-22(29-25-28-14-20(26)24(31-25)30-23-12-16(2)32-33-23)21(27)13-19(15)17-3-7-34(35,8-4-17)18-5-9-36-10-6-18;1-13-9-20(29-24-28-12-17(25)22(31-24)30-21-10-14(2)32-33-21)18(26)11-16(13)15-4-7-34(8-5-15)23(35)19-3-6-27-19;1-13-7-20(29-24-28-12-18(25)22(31-24)30-21-8-14(2)32-33-21)19(26)9-17(13)15-3-5-34(6-4-15)23(35)16-10-27-11-16;1-13-7-20(27-23-26-10-18(24)22(29-23)28-21-8-14(2)30-31-21)19(25)9-17(13)15-3-5-32(33,6-4-15)16-11-36(34,35)12-16/h11-14,17-18,35H,3-10H2,1-2H3,(H3,28,29,30,31,32,33);9-12,15,19,27H,3-8H2,1-2H3,(H3,28,29,30,31,32,33);7-9,12,15-16,27H,3-6,10-11H2,1-2H3,(H3,28,29,30,31,32,33);7-10,15-16,33H,3-6,11-12H2,1-2H3,(H3,26,27,28,29,30,31)/q+1;;;+1/t;19-;;/m.0../s1. The SMILES string of the molecule is Cc1cc(Nc2nc(Nc3cc(C)c(C4CCN(C(=O)C5CNC5)CC4)cc3F)ncc2Cl)n[nH]1.Cc1cc(Nc2nc(Nc3cc(C)c(C4CCN(C(=O)[C@@H]5CCN5)CC4)cc3F)ncc2Cl)n[nH]1.Cc1cc(Nc2nc(Nc3cc(C)c(C4CC[N+](O)(C5CCOCC5)CC4)cc3F)ncc2Cl)n[nH]1.Cc1cc(Nc2nc(Nc3cc(C)c(C4CC[N+](O)(C5CS(=O)(=O)C5)CC4)cc3F)ncc2Cl)n[nH]1. The van der Waals surface area contributed by atoms with Gasteiger partial charge in [0.2, 0.25) is 35.6 Å². The number of quaternary nitrogens is 2. The number of piperidine rings is 4. The molecular weight excluding hydrogens is 1940 g/mol. The molecule has 1 atom stereocenters. The number of rotatable bonds is 24. The molecule has 0 unspecified atom stereocenters. The highest BCUT2D eigenvalue weighted by atomic mass is 35.5. The topological polar surface area (TPSA) is 463 Å². The lowest BCUT2D eigenvalue weighted by molar-refractivity contribution is -1.12. The Morgan fingerprint density at radius 2 is 0.690 bits per heavy atom. The fourth-order valence-electron chi connectivity index (χ4n) is 19.5. The molecule has 37 nitrogen and oxygen atoms in total. The Bertz CT molecular complexity index is 6470. The van der Waals surface area contributed by atoms with Crippen LogP contribution in [0.2, 0.25) is 20.1 Å². The summed E-state index contributed by atoms with van der Waals surface area (Å²) in [5.74, 6) is 4.31. The van der Waals surface area contributed by atoms with Gasteiger partial charge in [-0.05, 0) is 211 Å². The van der Waals surface area contributed by atoms with Crippen LogP contribution in [-0.2, 0) is 24.2 Å². The number of benzene rings is 4. The van der Waals surface area contributed by atoms with E-state index in [2.05, 4.69) is 134 Å². The van der Waals surface area contributed by atoms with E-state index in [-0.39, 0.29) is 127 Å². The van der Waals surface area contributed by atoms with Crippen LogP contribution in [0.5, 0.6) is 0 Å². The third kappa shape index (κ3) is 24.5. The molecule has 8 saturated heterocycles. The Balaban J connectivity index is 0.000000130. The van der Waals surface area contributed by atoms with Gasteiger partial charge in [-0.3, -0.25) is 30.0 Å². The van der Waals surface area contributed by atoms with Gasteiger partial charge >= 0.3 is 0 Å². The van der Waals surface area contributed by atoms with Crippen molar-refractivity contribution in [2.45, 2.75) is 168 Å². The van der Waals surface area contributed by atoms with Gasteiger partial charge in [-0.2, -0.15) is 49.6 Å². The number of anilines is 16. The van der Waals surface area contributed by atoms with Crippen LogP contribution < -0.4 is 53.2 Å². The Kier molecular flexibility index (Phi) is 31.4. The average Bonchev–Trinajstić information content (AvgIpc) is 0.775. The second kappa shape index (κ2) is 44.0. The number of hydrogen-bond acceptors (Lipinski definition) is 29. The number of nitrogens with zero attached hydrogens (tertiary/aromatic N) is 16. The molecule has 20 rings (SSSR count). The van der Waals surface area contributed by atoms with Crippen LogP contribution in [-0.4, -0.2) is 245 Å². The maximum Gasteiger partial charge on any atom is 0.239 e. The molecule has 0 spiro atoms. The number of aryl methyl sites for hydroxylation is 8. The summed E-state index contributed by atoms with van der Waals surface area (Å²) in [7, 11) is -3.01. The smallest absolute Gasteiger partial charge is 0.239 e. The molecule has 8 aliphatic heterocycles. The highest BCUT2D eigenvalue weighted by Gasteiger charge is 2.51. The van der Waals surface area contributed by atoms with Crippen molar-refractivity contribution in [3.63, 3.8) is 0 Å². The fraction of sp³-hybridized carbons (Fsp3) is 0.438. The molecule has 8 fully saturated rings. The van der Waals surface area contributed by atoms with Gasteiger partial charge in [0.1, 0.15) is 93.1 Å². The fourth-order valence-corrected chi connectivity index (χ4v) is 21.7. The molecule has 752 valence electrons. The third-order valence-electron chi connectivity index (χ3n) is 27.7. The first kappa shape index (κ1) is 101. The van der Waals surface area contributed by atoms with E-state index in [1.54, 1.807) is 48.5 Å². The van der Waals surface area contributed by atoms with Gasteiger partial charge in [0.05, 0.1) is 72.7 Å². The number of halogens is 8. The van der Waals surface area contributed by atoms with E-state index in [9.17, 15) is 28.4 Å². The molecule has 0 saturated carbocycles. The molecule has 2 amide bonds. The highest BCUT2D eigenvalue weighted by Crippen LogP contribution is 2.44. The number of amides is 2. The van der Waals surface area contributed by atoms with E-state index in [1.165, 1.54) is 30.9 Å². The van der Waals surface area contributed by atoms with Crippen LogP contribution in [0.15, 0.2) is 97.6 Å². The highest BCUT2D eigenvalue weighted by molar-refractivity contribution is 7.92. The zero-order valence-electron chi connectivity index (χ0n) is 79.8. The van der Waals surface area contributed by atoms with Gasteiger partial charge in [-0.1, -0.05) is 46.4 Å². The number of hydroxylamine groups is 6. The summed E-state index contributed by atoms with van der Waals surface area (Å²) in [6.07, 6.45) is 14.7. The molecule has 8 aromatic heterocycles. The number of sulfone groups is 1. The Morgan fingerprint density at radius 3 is 0.951 bits per heavy atom. The molecule has 0 bridgehead atoms. The van der Waals surface area contributed by atoms with Gasteiger partial charge in [-0.25, -0.2) is 56.3 Å². The molecule has 46 heteroatoms. The summed E-state index contributed by atoms with van der Waals surface area (Å²) in [4.78, 5) is 63.1. The Hall–Kier alpha value is -12.1. The first-order chi connectivity index (χ1) is 68.1. The lowest BCUT2D eigenvalue weighted by Crippen LogP contribution is -2.65. The largest absolute Gasteiger partial charge is 0.381 e. The number of hydrogen-bond donors (Lipinski definition) is 16. The molecule has 8 aliphatic rings. The number of aromatic amines is 4. The van der Waals surface area contributed by atoms with E-state index in [4.69, 9.17) is 51.1 Å². The number of carbonyl (C=O) groups is 2. The molecule has 4 aromatic carbocycles. The van der Waals surface area contributed by atoms with Crippen molar-refractivity contribution in [1.82, 2.24) is 101 Å². The molecule has 16 heterocycles. The average molecular weight is 2050 g/mol. The van der Waals surface area contributed by atoms with E-state index in [1.807, 2.05) is 83.4 Å².